The largest absolute Gasteiger partial charge is 0.460 e. The van der Waals surface area contributed by atoms with Crippen LogP contribution in [0.2, 0.25) is 0 Å². The van der Waals surface area contributed by atoms with Crippen molar-refractivity contribution in [3.63, 3.8) is 0 Å². The maximum Gasteiger partial charge on any atom is 0.306 e. The molecule has 0 aliphatic carbocycles. The average molecular weight is 270 g/mol. The molecule has 0 spiro atoms. The molecule has 0 aromatic carbocycles. The van der Waals surface area contributed by atoms with Gasteiger partial charge in [-0.3, -0.25) is 9.59 Å². The highest BCUT2D eigenvalue weighted by Gasteiger charge is 2.16. The molecule has 0 saturated carbocycles. The molecule has 0 saturated heterocycles. The fourth-order valence-electron chi connectivity index (χ4n) is 1.21. The molecular formula is C12H18N2O3S. The van der Waals surface area contributed by atoms with Crippen molar-refractivity contribution in [1.82, 2.24) is 10.3 Å². The summed E-state index contributed by atoms with van der Waals surface area (Å²) in [6.45, 7) is 5.80. The molecule has 1 aromatic heterocycles. The van der Waals surface area contributed by atoms with E-state index in [1.54, 1.807) is 27.0 Å². The van der Waals surface area contributed by atoms with Crippen LogP contribution in [0.3, 0.4) is 0 Å². The van der Waals surface area contributed by atoms with Gasteiger partial charge in [0.05, 0.1) is 13.0 Å². The number of nitrogens with one attached hydrogen (secondary N) is 1. The van der Waals surface area contributed by atoms with Crippen molar-refractivity contribution in [2.45, 2.75) is 45.8 Å². The Morgan fingerprint density at radius 1 is 1.39 bits per heavy atom. The minimum atomic E-state index is -0.506. The highest BCUT2D eigenvalue weighted by Crippen LogP contribution is 2.09. The van der Waals surface area contributed by atoms with Crippen LogP contribution in [0.1, 0.15) is 38.6 Å². The van der Waals surface area contributed by atoms with Gasteiger partial charge in [0.15, 0.2) is 0 Å². The van der Waals surface area contributed by atoms with Gasteiger partial charge in [0.1, 0.15) is 10.6 Å². The van der Waals surface area contributed by atoms with E-state index in [1.165, 1.54) is 11.3 Å². The van der Waals surface area contributed by atoms with Crippen LogP contribution in [0.4, 0.5) is 0 Å². The first-order valence-corrected chi connectivity index (χ1v) is 6.62. The monoisotopic (exact) mass is 270 g/mol. The van der Waals surface area contributed by atoms with E-state index in [2.05, 4.69) is 10.3 Å². The fraction of sp³-hybridized carbons (Fsp3) is 0.583. The summed E-state index contributed by atoms with van der Waals surface area (Å²) < 4.78 is 5.11. The number of thiazole rings is 1. The van der Waals surface area contributed by atoms with Crippen LogP contribution in [0, 0.1) is 0 Å². The van der Waals surface area contributed by atoms with Crippen LogP contribution in [0.15, 0.2) is 11.6 Å². The molecule has 1 amide bonds. The standard InChI is InChI=1S/C12H18N2O3S/c1-12(2,3)17-11(16)5-4-9(15)14-8-10-13-6-7-18-10/h6-7H,4-5,8H2,1-3H3,(H,14,15). The number of aromatic nitrogens is 1. The predicted molar refractivity (Wildman–Crippen MR) is 69.0 cm³/mol. The van der Waals surface area contributed by atoms with Gasteiger partial charge in [-0.2, -0.15) is 0 Å². The minimum absolute atomic E-state index is 0.0982. The van der Waals surface area contributed by atoms with Crippen LogP contribution in [-0.2, 0) is 20.9 Å². The van der Waals surface area contributed by atoms with E-state index in [4.69, 9.17) is 4.74 Å². The summed E-state index contributed by atoms with van der Waals surface area (Å²) in [4.78, 5) is 26.9. The SMILES string of the molecule is CC(C)(C)OC(=O)CCC(=O)NCc1nccs1. The molecular weight excluding hydrogens is 252 g/mol. The van der Waals surface area contributed by atoms with Gasteiger partial charge in [-0.05, 0) is 20.8 Å². The van der Waals surface area contributed by atoms with E-state index in [0.717, 1.165) is 5.01 Å². The number of amides is 1. The molecule has 1 heterocycles. The lowest BCUT2D eigenvalue weighted by Gasteiger charge is -2.19. The highest BCUT2D eigenvalue weighted by molar-refractivity contribution is 7.09. The van der Waals surface area contributed by atoms with Gasteiger partial charge in [0, 0.05) is 18.0 Å². The Labute approximate surface area is 111 Å². The molecule has 18 heavy (non-hydrogen) atoms. The predicted octanol–water partition coefficient (Wildman–Crippen LogP) is 1.88. The molecule has 1 N–H and O–H groups in total. The molecule has 0 atom stereocenters. The maximum atomic E-state index is 11.5. The summed E-state index contributed by atoms with van der Waals surface area (Å²) in [5.74, 6) is -0.525. The second-order valence-corrected chi connectivity index (χ2v) is 5.77. The molecule has 0 unspecified atom stereocenters. The first-order chi connectivity index (χ1) is 8.37. The third-order valence-electron chi connectivity index (χ3n) is 1.90. The summed E-state index contributed by atoms with van der Waals surface area (Å²) in [5, 5.41) is 5.40. The van der Waals surface area contributed by atoms with Gasteiger partial charge in [0.2, 0.25) is 5.91 Å². The van der Waals surface area contributed by atoms with Crippen molar-refractivity contribution in [3.8, 4) is 0 Å². The molecule has 0 bridgehead atoms. The third kappa shape index (κ3) is 6.34. The van der Waals surface area contributed by atoms with E-state index < -0.39 is 5.60 Å². The van der Waals surface area contributed by atoms with Gasteiger partial charge in [-0.25, -0.2) is 4.98 Å². The van der Waals surface area contributed by atoms with Gasteiger partial charge < -0.3 is 10.1 Å². The molecule has 1 rings (SSSR count). The quantitative estimate of drug-likeness (QED) is 0.829. The number of carbonyl (C=O) groups excluding carboxylic acids is 2. The lowest BCUT2D eigenvalue weighted by Crippen LogP contribution is -2.26. The normalized spacial score (nSPS) is 11.1. The number of hydrogen-bond acceptors (Lipinski definition) is 5. The van der Waals surface area contributed by atoms with E-state index in [1.807, 2.05) is 5.38 Å². The summed E-state index contributed by atoms with van der Waals surface area (Å²) in [6.07, 6.45) is 1.92. The molecule has 0 radical (unpaired) electrons. The second kappa shape index (κ2) is 6.49. The first-order valence-electron chi connectivity index (χ1n) is 5.74. The van der Waals surface area contributed by atoms with Crippen molar-refractivity contribution in [2.24, 2.45) is 0 Å². The van der Waals surface area contributed by atoms with Crippen molar-refractivity contribution in [1.29, 1.82) is 0 Å². The first kappa shape index (κ1) is 14.6. The number of carbonyl (C=O) groups is 2. The van der Waals surface area contributed by atoms with Crippen molar-refractivity contribution in [2.75, 3.05) is 0 Å². The molecule has 0 aliphatic heterocycles. The fourth-order valence-corrected chi connectivity index (χ4v) is 1.77. The number of hydrogen-bond donors (Lipinski definition) is 1. The van der Waals surface area contributed by atoms with Crippen molar-refractivity contribution in [3.05, 3.63) is 16.6 Å². The number of ether oxygens (including phenoxy) is 1. The van der Waals surface area contributed by atoms with Crippen LogP contribution >= 0.6 is 11.3 Å². The Kier molecular flexibility index (Phi) is 5.27. The Hall–Kier alpha value is -1.43. The number of nitrogens with zero attached hydrogens (tertiary/aromatic N) is 1. The lowest BCUT2D eigenvalue weighted by molar-refractivity contribution is -0.155. The Balaban J connectivity index is 2.19. The molecule has 0 aliphatic rings. The summed E-state index contributed by atoms with van der Waals surface area (Å²) in [7, 11) is 0. The smallest absolute Gasteiger partial charge is 0.306 e. The van der Waals surface area contributed by atoms with E-state index in [9.17, 15) is 9.59 Å². The molecule has 6 heteroatoms. The van der Waals surface area contributed by atoms with Crippen molar-refractivity contribution < 1.29 is 14.3 Å². The van der Waals surface area contributed by atoms with E-state index >= 15 is 0 Å². The zero-order chi connectivity index (χ0) is 13.6. The Morgan fingerprint density at radius 3 is 2.67 bits per heavy atom. The highest BCUT2D eigenvalue weighted by atomic mass is 32.1. The Bertz CT molecular complexity index is 396. The minimum Gasteiger partial charge on any atom is -0.460 e. The van der Waals surface area contributed by atoms with Crippen LogP contribution < -0.4 is 5.32 Å². The van der Waals surface area contributed by atoms with Crippen molar-refractivity contribution >= 4 is 23.2 Å². The zero-order valence-electron chi connectivity index (χ0n) is 10.9. The topological polar surface area (TPSA) is 68.3 Å². The summed E-state index contributed by atoms with van der Waals surface area (Å²) in [5.41, 5.74) is -0.506. The number of esters is 1. The molecule has 0 fully saturated rings. The van der Waals surface area contributed by atoms with E-state index in [-0.39, 0.29) is 24.7 Å². The maximum absolute atomic E-state index is 11.5. The Morgan fingerprint density at radius 2 is 2.11 bits per heavy atom. The molecule has 5 nitrogen and oxygen atoms in total. The molecule has 1 aromatic rings. The van der Waals surface area contributed by atoms with Gasteiger partial charge in [-0.1, -0.05) is 0 Å². The second-order valence-electron chi connectivity index (χ2n) is 4.79. The third-order valence-corrected chi connectivity index (χ3v) is 2.68. The van der Waals surface area contributed by atoms with Crippen LogP contribution in [-0.4, -0.2) is 22.5 Å². The number of rotatable bonds is 5. The summed E-state index contributed by atoms with van der Waals surface area (Å²) in [6, 6.07) is 0. The van der Waals surface area contributed by atoms with Gasteiger partial charge in [-0.15, -0.1) is 11.3 Å². The van der Waals surface area contributed by atoms with Gasteiger partial charge >= 0.3 is 5.97 Å². The van der Waals surface area contributed by atoms with Crippen LogP contribution in [0.25, 0.3) is 0 Å². The lowest BCUT2D eigenvalue weighted by atomic mass is 10.2. The van der Waals surface area contributed by atoms with Crippen LogP contribution in [0.5, 0.6) is 0 Å². The van der Waals surface area contributed by atoms with E-state index in [0.29, 0.717) is 6.54 Å². The zero-order valence-corrected chi connectivity index (χ0v) is 11.7. The van der Waals surface area contributed by atoms with Gasteiger partial charge in [0.25, 0.3) is 0 Å². The summed E-state index contributed by atoms with van der Waals surface area (Å²) >= 11 is 1.48. The molecule has 100 valence electrons. The average Bonchev–Trinajstić information content (AvgIpc) is 2.74.